The van der Waals surface area contributed by atoms with Crippen molar-refractivity contribution in [1.82, 2.24) is 15.2 Å². The third-order valence-electron chi connectivity index (χ3n) is 3.80. The lowest BCUT2D eigenvalue weighted by atomic mass is 10.0. The minimum atomic E-state index is -0.856. The molecule has 8 heteroatoms. The topological polar surface area (TPSA) is 97.5 Å². The summed E-state index contributed by atoms with van der Waals surface area (Å²) in [6, 6.07) is 7.86. The molecule has 1 saturated heterocycles. The van der Waals surface area contributed by atoms with Gasteiger partial charge in [-0.1, -0.05) is 30.3 Å². The number of rotatable bonds is 4. The Morgan fingerprint density at radius 2 is 2.17 bits per heavy atom. The van der Waals surface area contributed by atoms with Gasteiger partial charge in [-0.15, -0.1) is 11.3 Å². The van der Waals surface area contributed by atoms with Crippen LogP contribution < -0.4 is 11.1 Å². The number of hydrogen-bond donors (Lipinski definition) is 2. The van der Waals surface area contributed by atoms with Crippen molar-refractivity contribution in [3.63, 3.8) is 0 Å². The highest BCUT2D eigenvalue weighted by Gasteiger charge is 2.33. The van der Waals surface area contributed by atoms with Crippen LogP contribution in [0.25, 0.3) is 0 Å². The van der Waals surface area contributed by atoms with Crippen LogP contribution in [0.5, 0.6) is 0 Å². The Bertz CT molecular complexity index is 693. The molecule has 3 N–H and O–H groups in total. The fourth-order valence-electron chi connectivity index (χ4n) is 2.80. The molecule has 1 fully saturated rings. The Hall–Kier alpha value is -2.29. The van der Waals surface area contributed by atoms with Crippen molar-refractivity contribution in [2.75, 3.05) is 19.7 Å². The van der Waals surface area contributed by atoms with E-state index in [2.05, 4.69) is 10.3 Å². The van der Waals surface area contributed by atoms with E-state index in [1.807, 2.05) is 40.6 Å². The van der Waals surface area contributed by atoms with Crippen molar-refractivity contribution >= 4 is 23.3 Å². The summed E-state index contributed by atoms with van der Waals surface area (Å²) in [5.41, 5.74) is 5.92. The summed E-state index contributed by atoms with van der Waals surface area (Å²) in [4.78, 5) is 29.9. The number of thiazole rings is 1. The molecule has 24 heavy (non-hydrogen) atoms. The lowest BCUT2D eigenvalue weighted by molar-refractivity contribution is -0.129. The fourth-order valence-corrected chi connectivity index (χ4v) is 3.48. The Morgan fingerprint density at radius 3 is 2.83 bits per heavy atom. The molecule has 1 aliphatic heterocycles. The first-order chi connectivity index (χ1) is 11.6. The number of aromatic nitrogens is 1. The molecule has 0 bridgehead atoms. The van der Waals surface area contributed by atoms with Gasteiger partial charge in [0.25, 0.3) is 0 Å². The summed E-state index contributed by atoms with van der Waals surface area (Å²) in [6.45, 7) is 1.57. The Kier molecular flexibility index (Phi) is 5.19. The van der Waals surface area contributed by atoms with Gasteiger partial charge >= 0.3 is 6.03 Å². The number of primary amides is 1. The van der Waals surface area contributed by atoms with Crippen LogP contribution in [0.1, 0.15) is 22.7 Å². The van der Waals surface area contributed by atoms with Gasteiger partial charge in [-0.05, 0) is 5.56 Å². The van der Waals surface area contributed by atoms with Crippen molar-refractivity contribution in [3.05, 3.63) is 52.5 Å². The first-order valence-electron chi connectivity index (χ1n) is 7.55. The maximum absolute atomic E-state index is 12.5. The second-order valence-electron chi connectivity index (χ2n) is 5.39. The number of amides is 3. The number of nitrogens with zero attached hydrogens (tertiary/aromatic N) is 2. The molecule has 0 aliphatic carbocycles. The summed E-state index contributed by atoms with van der Waals surface area (Å²) >= 11 is 1.52. The van der Waals surface area contributed by atoms with Crippen molar-refractivity contribution in [3.8, 4) is 0 Å². The number of hydrogen-bond acceptors (Lipinski definition) is 6. The van der Waals surface area contributed by atoms with Crippen molar-refractivity contribution < 1.29 is 14.3 Å². The molecular weight excluding hydrogens is 328 g/mol. The quantitative estimate of drug-likeness (QED) is 0.873. The molecule has 7 nitrogen and oxygen atoms in total. The molecule has 1 aromatic carbocycles. The molecule has 1 aromatic heterocycles. The van der Waals surface area contributed by atoms with Gasteiger partial charge in [0, 0.05) is 24.7 Å². The average molecular weight is 346 g/mol. The number of morpholine rings is 1. The second kappa shape index (κ2) is 7.52. The zero-order chi connectivity index (χ0) is 16.9. The van der Waals surface area contributed by atoms with E-state index in [0.717, 1.165) is 10.6 Å². The third kappa shape index (κ3) is 3.78. The molecule has 126 valence electrons. The molecule has 2 aromatic rings. The van der Waals surface area contributed by atoms with Gasteiger partial charge in [0.1, 0.15) is 17.2 Å². The largest absolute Gasteiger partial charge is 0.368 e. The number of benzene rings is 1. The zero-order valence-corrected chi connectivity index (χ0v) is 13.7. The number of ether oxygens (including phenoxy) is 1. The van der Waals surface area contributed by atoms with Gasteiger partial charge in [0.15, 0.2) is 0 Å². The molecule has 1 aliphatic rings. The maximum atomic E-state index is 12.5. The molecule has 0 spiro atoms. The number of nitrogens with one attached hydrogen (secondary N) is 1. The van der Waals surface area contributed by atoms with Crippen LogP contribution in [0.3, 0.4) is 0 Å². The van der Waals surface area contributed by atoms with Crippen molar-refractivity contribution in [2.24, 2.45) is 5.73 Å². The third-order valence-corrected chi connectivity index (χ3v) is 4.67. The van der Waals surface area contributed by atoms with E-state index >= 15 is 0 Å². The van der Waals surface area contributed by atoms with Gasteiger partial charge < -0.3 is 10.5 Å². The number of nitrogens with two attached hydrogens (primary N) is 1. The Balaban J connectivity index is 1.84. The highest BCUT2D eigenvalue weighted by atomic mass is 32.1. The fraction of sp³-hybridized carbons (Fsp3) is 0.312. The Morgan fingerprint density at radius 1 is 1.38 bits per heavy atom. The number of carbonyl (C=O) groups excluding carboxylic acids is 2. The summed E-state index contributed by atoms with van der Waals surface area (Å²) in [5.74, 6) is -0.437. The zero-order valence-electron chi connectivity index (χ0n) is 12.9. The van der Waals surface area contributed by atoms with Crippen LogP contribution in [0, 0.1) is 0 Å². The number of urea groups is 1. The molecule has 2 atom stereocenters. The van der Waals surface area contributed by atoms with E-state index in [4.69, 9.17) is 10.5 Å². The normalized spacial score (nSPS) is 19.6. The van der Waals surface area contributed by atoms with Crippen LogP contribution in [0.2, 0.25) is 0 Å². The van der Waals surface area contributed by atoms with Gasteiger partial charge in [-0.25, -0.2) is 9.78 Å². The molecular formula is C16H18N4O3S. The van der Waals surface area contributed by atoms with Crippen molar-refractivity contribution in [1.29, 1.82) is 0 Å². The van der Waals surface area contributed by atoms with E-state index in [1.54, 1.807) is 6.20 Å². The van der Waals surface area contributed by atoms with Gasteiger partial charge in [0.05, 0.1) is 6.61 Å². The van der Waals surface area contributed by atoms with E-state index in [0.29, 0.717) is 19.7 Å². The number of imide groups is 1. The lowest BCUT2D eigenvalue weighted by Crippen LogP contribution is -2.48. The molecule has 3 rings (SSSR count). The van der Waals surface area contributed by atoms with Crippen LogP contribution in [-0.4, -0.2) is 41.5 Å². The Labute approximate surface area is 143 Å². The molecule has 0 saturated carbocycles. The molecule has 3 amide bonds. The van der Waals surface area contributed by atoms with Gasteiger partial charge in [-0.3, -0.25) is 15.0 Å². The minimum Gasteiger partial charge on any atom is -0.368 e. The van der Waals surface area contributed by atoms with Crippen LogP contribution >= 0.6 is 11.3 Å². The standard InChI is InChI=1S/C16H18N4O3S/c17-16(22)19-14(21)13(11-4-2-1-3-5-11)20-7-8-23-12(10-20)15-18-6-9-24-15/h1-6,9,12-13H,7-8,10H2,(H3,17,19,21,22). The molecule has 2 heterocycles. The highest BCUT2D eigenvalue weighted by molar-refractivity contribution is 7.09. The van der Waals surface area contributed by atoms with Gasteiger partial charge in [0.2, 0.25) is 5.91 Å². The SMILES string of the molecule is NC(=O)NC(=O)C(c1ccccc1)N1CCOC(c2nccs2)C1. The summed E-state index contributed by atoms with van der Waals surface area (Å²) in [6.07, 6.45) is 1.54. The molecule has 2 unspecified atom stereocenters. The van der Waals surface area contributed by atoms with Crippen molar-refractivity contribution in [2.45, 2.75) is 12.1 Å². The van der Waals surface area contributed by atoms with Gasteiger partial charge in [-0.2, -0.15) is 0 Å². The minimum absolute atomic E-state index is 0.189. The number of carbonyl (C=O) groups is 2. The second-order valence-corrected chi connectivity index (χ2v) is 6.32. The highest BCUT2D eigenvalue weighted by Crippen LogP contribution is 2.29. The van der Waals surface area contributed by atoms with Crippen LogP contribution in [0.15, 0.2) is 41.9 Å². The maximum Gasteiger partial charge on any atom is 0.318 e. The predicted molar refractivity (Wildman–Crippen MR) is 89.3 cm³/mol. The summed E-state index contributed by atoms with van der Waals surface area (Å²) in [5, 5.41) is 4.96. The lowest BCUT2D eigenvalue weighted by Gasteiger charge is -2.36. The monoisotopic (exact) mass is 346 g/mol. The summed E-state index contributed by atoms with van der Waals surface area (Å²) < 4.78 is 5.78. The average Bonchev–Trinajstić information content (AvgIpc) is 3.10. The van der Waals surface area contributed by atoms with Crippen LogP contribution in [-0.2, 0) is 9.53 Å². The van der Waals surface area contributed by atoms with E-state index in [-0.39, 0.29) is 6.10 Å². The first-order valence-corrected chi connectivity index (χ1v) is 8.43. The molecule has 0 radical (unpaired) electrons. The van der Waals surface area contributed by atoms with E-state index in [9.17, 15) is 9.59 Å². The van der Waals surface area contributed by atoms with E-state index in [1.165, 1.54) is 11.3 Å². The smallest absolute Gasteiger partial charge is 0.318 e. The summed E-state index contributed by atoms with van der Waals surface area (Å²) in [7, 11) is 0. The van der Waals surface area contributed by atoms with Crippen LogP contribution in [0.4, 0.5) is 4.79 Å². The predicted octanol–water partition coefficient (Wildman–Crippen LogP) is 1.45. The first kappa shape index (κ1) is 16.6. The van der Waals surface area contributed by atoms with E-state index < -0.39 is 18.0 Å².